The van der Waals surface area contributed by atoms with Gasteiger partial charge in [-0.15, -0.1) is 0 Å². The number of nitrogens with one attached hydrogen (secondary N) is 2. The first kappa shape index (κ1) is 19.7. The van der Waals surface area contributed by atoms with Crippen LogP contribution in [-0.2, 0) is 9.59 Å². The van der Waals surface area contributed by atoms with Crippen molar-refractivity contribution in [1.29, 1.82) is 0 Å². The second-order valence-corrected chi connectivity index (χ2v) is 6.20. The van der Waals surface area contributed by atoms with E-state index >= 15 is 0 Å². The molecule has 0 saturated carbocycles. The van der Waals surface area contributed by atoms with Crippen molar-refractivity contribution in [2.45, 2.75) is 52.6 Å². The molecule has 0 aliphatic carbocycles. The van der Waals surface area contributed by atoms with E-state index in [-0.39, 0.29) is 11.8 Å². The molecule has 132 valence electrons. The highest BCUT2D eigenvalue weighted by molar-refractivity contribution is 5.99. The summed E-state index contributed by atoms with van der Waals surface area (Å²) in [5.74, 6) is -2.07. The Bertz CT molecular complexity index is 598. The van der Waals surface area contributed by atoms with Crippen LogP contribution in [0.3, 0.4) is 0 Å². The zero-order valence-electron chi connectivity index (χ0n) is 14.6. The summed E-state index contributed by atoms with van der Waals surface area (Å²) in [6, 6.07) is 5.36. The fourth-order valence-electron chi connectivity index (χ4n) is 2.39. The minimum Gasteiger partial charge on any atom is -0.480 e. The molecule has 0 aromatic heterocycles. The van der Waals surface area contributed by atoms with Gasteiger partial charge in [-0.1, -0.05) is 45.4 Å². The van der Waals surface area contributed by atoms with Crippen LogP contribution < -0.4 is 10.6 Å². The Balaban J connectivity index is 2.86. The molecule has 0 spiro atoms. The van der Waals surface area contributed by atoms with Crippen molar-refractivity contribution in [2.75, 3.05) is 0 Å². The number of carbonyl (C=O) groups excluding carboxylic acids is 2. The summed E-state index contributed by atoms with van der Waals surface area (Å²) in [5.41, 5.74) is 1.31. The number of carboxylic acids is 1. The van der Waals surface area contributed by atoms with Crippen molar-refractivity contribution >= 4 is 17.8 Å². The Hall–Kier alpha value is -2.37. The van der Waals surface area contributed by atoms with Crippen LogP contribution in [0.4, 0.5) is 0 Å². The second kappa shape index (κ2) is 9.05. The Kier molecular flexibility index (Phi) is 7.42. The summed E-state index contributed by atoms with van der Waals surface area (Å²) in [5, 5.41) is 14.4. The van der Waals surface area contributed by atoms with E-state index in [2.05, 4.69) is 10.6 Å². The number of amides is 2. The Morgan fingerprint density at radius 2 is 1.75 bits per heavy atom. The van der Waals surface area contributed by atoms with Gasteiger partial charge >= 0.3 is 5.97 Å². The zero-order valence-corrected chi connectivity index (χ0v) is 14.6. The SMILES string of the molecule is CCCC(NC(=O)C(NC(=O)c1ccccc1C)C(C)C)C(=O)O. The highest BCUT2D eigenvalue weighted by Crippen LogP contribution is 2.10. The maximum atomic E-state index is 12.4. The molecule has 1 rings (SSSR count). The van der Waals surface area contributed by atoms with Crippen molar-refractivity contribution in [3.8, 4) is 0 Å². The molecule has 1 aromatic rings. The molecular weight excluding hydrogens is 308 g/mol. The van der Waals surface area contributed by atoms with Gasteiger partial charge in [0.1, 0.15) is 12.1 Å². The summed E-state index contributed by atoms with van der Waals surface area (Å²) in [6.07, 6.45) is 0.983. The molecule has 0 saturated heterocycles. The van der Waals surface area contributed by atoms with Crippen LogP contribution in [0.2, 0.25) is 0 Å². The van der Waals surface area contributed by atoms with E-state index in [1.807, 2.05) is 26.0 Å². The third-order valence-corrected chi connectivity index (χ3v) is 3.82. The first-order valence-corrected chi connectivity index (χ1v) is 8.17. The van der Waals surface area contributed by atoms with Crippen molar-refractivity contribution in [2.24, 2.45) is 5.92 Å². The lowest BCUT2D eigenvalue weighted by molar-refractivity contribution is -0.142. The van der Waals surface area contributed by atoms with Crippen LogP contribution in [0.1, 0.15) is 49.5 Å². The maximum absolute atomic E-state index is 12.4. The summed E-state index contributed by atoms with van der Waals surface area (Å²) < 4.78 is 0. The Labute approximate surface area is 142 Å². The van der Waals surface area contributed by atoms with Gasteiger partial charge in [-0.25, -0.2) is 4.79 Å². The fourth-order valence-corrected chi connectivity index (χ4v) is 2.39. The molecule has 3 N–H and O–H groups in total. The highest BCUT2D eigenvalue weighted by Gasteiger charge is 2.28. The fraction of sp³-hybridized carbons (Fsp3) is 0.500. The number of rotatable bonds is 8. The molecule has 0 heterocycles. The highest BCUT2D eigenvalue weighted by atomic mass is 16.4. The van der Waals surface area contributed by atoms with Gasteiger partial charge in [-0.05, 0) is 30.9 Å². The van der Waals surface area contributed by atoms with Crippen LogP contribution in [0.25, 0.3) is 0 Å². The van der Waals surface area contributed by atoms with Gasteiger partial charge in [0.2, 0.25) is 5.91 Å². The van der Waals surface area contributed by atoms with Crippen molar-refractivity contribution in [3.63, 3.8) is 0 Å². The number of hydrogen-bond donors (Lipinski definition) is 3. The van der Waals surface area contributed by atoms with E-state index in [9.17, 15) is 14.4 Å². The normalized spacial score (nSPS) is 13.2. The minimum absolute atomic E-state index is 0.172. The van der Waals surface area contributed by atoms with Crippen LogP contribution in [0.5, 0.6) is 0 Å². The van der Waals surface area contributed by atoms with Gasteiger partial charge in [0.05, 0.1) is 0 Å². The van der Waals surface area contributed by atoms with E-state index in [4.69, 9.17) is 5.11 Å². The number of aliphatic carboxylic acids is 1. The van der Waals surface area contributed by atoms with Gasteiger partial charge in [0, 0.05) is 5.56 Å². The van der Waals surface area contributed by atoms with Crippen molar-refractivity contribution in [3.05, 3.63) is 35.4 Å². The first-order valence-electron chi connectivity index (χ1n) is 8.17. The Morgan fingerprint density at radius 3 is 2.25 bits per heavy atom. The predicted molar refractivity (Wildman–Crippen MR) is 91.7 cm³/mol. The molecule has 0 radical (unpaired) electrons. The molecule has 24 heavy (non-hydrogen) atoms. The molecule has 6 heteroatoms. The predicted octanol–water partition coefficient (Wildman–Crippen LogP) is 2.12. The van der Waals surface area contributed by atoms with E-state index < -0.39 is 24.0 Å². The van der Waals surface area contributed by atoms with Gasteiger partial charge in [-0.2, -0.15) is 0 Å². The topological polar surface area (TPSA) is 95.5 Å². The molecule has 6 nitrogen and oxygen atoms in total. The number of benzene rings is 1. The largest absolute Gasteiger partial charge is 0.480 e. The third kappa shape index (κ3) is 5.37. The van der Waals surface area contributed by atoms with Gasteiger partial charge in [0.25, 0.3) is 5.91 Å². The number of carbonyl (C=O) groups is 3. The molecular formula is C18H26N2O4. The van der Waals surface area contributed by atoms with E-state index in [0.717, 1.165) is 5.56 Å². The van der Waals surface area contributed by atoms with Gasteiger partial charge in [-0.3, -0.25) is 9.59 Å². The molecule has 2 atom stereocenters. The quantitative estimate of drug-likeness (QED) is 0.678. The first-order chi connectivity index (χ1) is 11.3. The van der Waals surface area contributed by atoms with Crippen LogP contribution in [0.15, 0.2) is 24.3 Å². The molecule has 0 fully saturated rings. The minimum atomic E-state index is -1.07. The van der Waals surface area contributed by atoms with Crippen LogP contribution in [0, 0.1) is 12.8 Å². The average Bonchev–Trinajstić information content (AvgIpc) is 2.51. The summed E-state index contributed by atoms with van der Waals surface area (Å²) in [7, 11) is 0. The molecule has 0 bridgehead atoms. The Morgan fingerprint density at radius 1 is 1.12 bits per heavy atom. The van der Waals surface area contributed by atoms with Gasteiger partial charge < -0.3 is 15.7 Å². The number of aryl methyl sites for hydroxylation is 1. The third-order valence-electron chi connectivity index (χ3n) is 3.82. The monoisotopic (exact) mass is 334 g/mol. The summed E-state index contributed by atoms with van der Waals surface area (Å²) in [4.78, 5) is 36.1. The van der Waals surface area contributed by atoms with Crippen LogP contribution >= 0.6 is 0 Å². The van der Waals surface area contributed by atoms with Gasteiger partial charge in [0.15, 0.2) is 0 Å². The molecule has 1 aromatic carbocycles. The lowest BCUT2D eigenvalue weighted by atomic mass is 10.0. The lowest BCUT2D eigenvalue weighted by Gasteiger charge is -2.24. The van der Waals surface area contributed by atoms with Crippen molar-refractivity contribution < 1.29 is 19.5 Å². The standard InChI is InChI=1S/C18H26N2O4/c1-5-8-14(18(23)24)19-17(22)15(11(2)3)20-16(21)13-10-7-6-9-12(13)4/h6-7,9-11,14-15H,5,8H2,1-4H3,(H,19,22)(H,20,21)(H,23,24). The molecule has 0 aliphatic heterocycles. The van der Waals surface area contributed by atoms with E-state index in [1.54, 1.807) is 26.0 Å². The molecule has 2 amide bonds. The summed E-state index contributed by atoms with van der Waals surface area (Å²) >= 11 is 0. The van der Waals surface area contributed by atoms with Crippen molar-refractivity contribution in [1.82, 2.24) is 10.6 Å². The number of hydrogen-bond acceptors (Lipinski definition) is 3. The zero-order chi connectivity index (χ0) is 18.3. The molecule has 0 aliphatic rings. The van der Waals surface area contributed by atoms with E-state index in [1.165, 1.54) is 0 Å². The number of carboxylic acid groups (broad SMARTS) is 1. The second-order valence-electron chi connectivity index (χ2n) is 6.20. The summed E-state index contributed by atoms with van der Waals surface area (Å²) in [6.45, 7) is 7.28. The van der Waals surface area contributed by atoms with Crippen LogP contribution in [-0.4, -0.2) is 35.0 Å². The maximum Gasteiger partial charge on any atom is 0.326 e. The average molecular weight is 334 g/mol. The lowest BCUT2D eigenvalue weighted by Crippen LogP contribution is -2.53. The van der Waals surface area contributed by atoms with E-state index in [0.29, 0.717) is 18.4 Å². The smallest absolute Gasteiger partial charge is 0.326 e. The molecule has 2 unspecified atom stereocenters.